The van der Waals surface area contributed by atoms with Crippen molar-refractivity contribution in [1.29, 1.82) is 0 Å². The van der Waals surface area contributed by atoms with E-state index in [1.807, 2.05) is 0 Å². The Morgan fingerprint density at radius 2 is 0.958 bits per heavy atom. The number of rotatable bonds is 14. The van der Waals surface area contributed by atoms with E-state index in [1.165, 1.54) is 58.9 Å². The highest BCUT2D eigenvalue weighted by atomic mass is 32.2. The third-order valence-electron chi connectivity index (χ3n) is 6.99. The zero-order valence-corrected chi connectivity index (χ0v) is 28.8. The van der Waals surface area contributed by atoms with Crippen LogP contribution in [-0.4, -0.2) is 76.9 Å². The maximum absolute atomic E-state index is 13.2. The molecule has 0 unspecified atom stereocenters. The van der Waals surface area contributed by atoms with Gasteiger partial charge in [0.25, 0.3) is 23.6 Å². The van der Waals surface area contributed by atoms with E-state index in [2.05, 4.69) is 31.7 Å². The highest BCUT2D eigenvalue weighted by Crippen LogP contribution is 2.42. The van der Waals surface area contributed by atoms with Crippen molar-refractivity contribution in [3.63, 3.8) is 0 Å². The topological polar surface area (TPSA) is 183 Å². The normalized spacial score (nSPS) is 15.9. The van der Waals surface area contributed by atoms with Gasteiger partial charge < -0.3 is 0 Å². The van der Waals surface area contributed by atoms with Crippen molar-refractivity contribution < 1.29 is 28.8 Å². The van der Waals surface area contributed by atoms with Crippen molar-refractivity contribution in [3.05, 3.63) is 70.0 Å². The van der Waals surface area contributed by atoms with Gasteiger partial charge in [0.2, 0.25) is 11.8 Å². The number of pyridine rings is 2. The standard InChI is InChI=1S/C30H32N8O6S4/c39-21(33-35-25(41)19-9-13-31-14-10-19)7-3-1-5-17-37-27(43)23(47-29(37)45)24-28(44)38(30(46)48-24)18-6-2-4-8-22(40)34-36-26(42)20-11-15-32-16-12-20/h9-16H,1-8,17-18H2,(H,33,39)(H,34,40)(H,35,41)(H,36,42)/b24-23+. The number of hydrogen-bond donors (Lipinski definition) is 4. The molecule has 18 heteroatoms. The van der Waals surface area contributed by atoms with Crippen LogP contribution >= 0.6 is 48.0 Å². The number of hydrogen-bond acceptors (Lipinski definition) is 12. The number of carbonyl (C=O) groups excluding carboxylic acids is 6. The molecule has 0 saturated carbocycles. The highest BCUT2D eigenvalue weighted by molar-refractivity contribution is 8.29. The van der Waals surface area contributed by atoms with E-state index in [1.54, 1.807) is 0 Å². The second-order valence-electron chi connectivity index (χ2n) is 10.4. The summed E-state index contributed by atoms with van der Waals surface area (Å²) in [7, 11) is 0. The first-order valence-electron chi connectivity index (χ1n) is 15.0. The second-order valence-corrected chi connectivity index (χ2v) is 13.7. The van der Waals surface area contributed by atoms with Crippen molar-refractivity contribution in [3.8, 4) is 0 Å². The van der Waals surface area contributed by atoms with Gasteiger partial charge >= 0.3 is 0 Å². The van der Waals surface area contributed by atoms with Crippen molar-refractivity contribution in [2.45, 2.75) is 51.4 Å². The van der Waals surface area contributed by atoms with Crippen molar-refractivity contribution >= 4 is 92.0 Å². The first-order valence-corrected chi connectivity index (χ1v) is 17.4. The Hall–Kier alpha value is -4.26. The summed E-state index contributed by atoms with van der Waals surface area (Å²) in [5.74, 6) is -2.24. The lowest BCUT2D eigenvalue weighted by atomic mass is 10.2. The Morgan fingerprint density at radius 3 is 1.33 bits per heavy atom. The smallest absolute Gasteiger partial charge is 0.269 e. The molecule has 6 amide bonds. The van der Waals surface area contributed by atoms with E-state index < -0.39 is 11.8 Å². The van der Waals surface area contributed by atoms with E-state index in [4.69, 9.17) is 24.4 Å². The lowest BCUT2D eigenvalue weighted by Crippen LogP contribution is -2.41. The van der Waals surface area contributed by atoms with Gasteiger partial charge in [-0.15, -0.1) is 0 Å². The molecule has 0 spiro atoms. The van der Waals surface area contributed by atoms with Crippen LogP contribution in [-0.2, 0) is 19.2 Å². The maximum Gasteiger partial charge on any atom is 0.269 e. The molecule has 2 aromatic heterocycles. The zero-order valence-electron chi connectivity index (χ0n) is 25.6. The third-order valence-corrected chi connectivity index (χ3v) is 10.0. The van der Waals surface area contributed by atoms with Gasteiger partial charge in [0, 0.05) is 61.8 Å². The van der Waals surface area contributed by atoms with Crippen LogP contribution in [0.25, 0.3) is 0 Å². The largest absolute Gasteiger partial charge is 0.293 e. The van der Waals surface area contributed by atoms with Crippen LogP contribution in [0.2, 0.25) is 0 Å². The molecule has 4 rings (SSSR count). The summed E-state index contributed by atoms with van der Waals surface area (Å²) in [6, 6.07) is 6.12. The fourth-order valence-electron chi connectivity index (χ4n) is 4.45. The number of thioether (sulfide) groups is 2. The number of aromatic nitrogens is 2. The fraction of sp³-hybridized carbons (Fsp3) is 0.333. The lowest BCUT2D eigenvalue weighted by molar-refractivity contribution is -0.124. The molecule has 252 valence electrons. The third kappa shape index (κ3) is 10.4. The molecular weight excluding hydrogens is 697 g/mol. The number of carbonyl (C=O) groups is 6. The van der Waals surface area contributed by atoms with E-state index in [-0.39, 0.29) is 46.3 Å². The number of thiocarbonyl (C=S) groups is 2. The molecule has 2 saturated heterocycles. The molecule has 0 bridgehead atoms. The molecule has 2 fully saturated rings. The summed E-state index contributed by atoms with van der Waals surface area (Å²) in [5, 5.41) is 0. The van der Waals surface area contributed by atoms with Crippen LogP contribution in [0.3, 0.4) is 0 Å². The number of hydrazine groups is 2. The number of amides is 6. The molecule has 48 heavy (non-hydrogen) atoms. The van der Waals surface area contributed by atoms with E-state index in [0.29, 0.717) is 71.4 Å². The Kier molecular flexibility index (Phi) is 14.0. The van der Waals surface area contributed by atoms with Crippen LogP contribution < -0.4 is 21.7 Å². The Morgan fingerprint density at radius 1 is 0.583 bits per heavy atom. The van der Waals surface area contributed by atoms with Gasteiger partial charge in [0.15, 0.2) is 0 Å². The van der Waals surface area contributed by atoms with Crippen LogP contribution in [0.15, 0.2) is 58.9 Å². The minimum atomic E-state index is -0.444. The van der Waals surface area contributed by atoms with E-state index >= 15 is 0 Å². The van der Waals surface area contributed by atoms with E-state index in [0.717, 1.165) is 23.5 Å². The number of nitrogens with one attached hydrogen (secondary N) is 4. The predicted octanol–water partition coefficient (Wildman–Crippen LogP) is 2.75. The average Bonchev–Trinajstić information content (AvgIpc) is 3.54. The summed E-state index contributed by atoms with van der Waals surface area (Å²) in [4.78, 5) is 85.7. The van der Waals surface area contributed by atoms with Gasteiger partial charge in [-0.1, -0.05) is 60.8 Å². The highest BCUT2D eigenvalue weighted by Gasteiger charge is 2.41. The quantitative estimate of drug-likeness (QED) is 0.0968. The SMILES string of the molecule is O=C(CCCCCN1C(=O)/C(=C2\SC(=S)N(CCCCCC(=O)NNC(=O)c3ccncc3)C2=O)SC1=S)NNC(=O)c1ccncc1. The molecule has 0 atom stereocenters. The Labute approximate surface area is 295 Å². The van der Waals surface area contributed by atoms with Crippen LogP contribution in [0.5, 0.6) is 0 Å². The van der Waals surface area contributed by atoms with Gasteiger partial charge in [0.1, 0.15) is 8.64 Å². The van der Waals surface area contributed by atoms with Gasteiger partial charge in [-0.3, -0.25) is 70.2 Å². The first-order chi connectivity index (χ1) is 23.2. The monoisotopic (exact) mass is 728 g/mol. The van der Waals surface area contributed by atoms with Gasteiger partial charge in [-0.2, -0.15) is 0 Å². The number of nitrogens with zero attached hydrogens (tertiary/aromatic N) is 4. The summed E-state index contributed by atoms with van der Waals surface area (Å²) < 4.78 is 0.708. The molecule has 2 aromatic rings. The summed E-state index contributed by atoms with van der Waals surface area (Å²) in [5.41, 5.74) is 10.2. The molecule has 14 nitrogen and oxygen atoms in total. The molecule has 0 radical (unpaired) electrons. The van der Waals surface area contributed by atoms with Crippen LogP contribution in [0, 0.1) is 0 Å². The Bertz CT molecular complexity index is 1490. The van der Waals surface area contributed by atoms with Gasteiger partial charge in [-0.05, 0) is 49.9 Å². The van der Waals surface area contributed by atoms with E-state index in [9.17, 15) is 28.8 Å². The summed E-state index contributed by atoms with van der Waals surface area (Å²) in [6.07, 6.45) is 9.84. The molecule has 2 aliphatic rings. The second kappa shape index (κ2) is 18.3. The molecule has 2 aliphatic heterocycles. The lowest BCUT2D eigenvalue weighted by Gasteiger charge is -2.14. The molecule has 0 aliphatic carbocycles. The minimum Gasteiger partial charge on any atom is -0.293 e. The zero-order chi connectivity index (χ0) is 34.5. The molecular formula is C30H32N8O6S4. The predicted molar refractivity (Wildman–Crippen MR) is 187 cm³/mol. The average molecular weight is 729 g/mol. The minimum absolute atomic E-state index is 0.190. The summed E-state index contributed by atoms with van der Waals surface area (Å²) in [6.45, 7) is 0.686. The van der Waals surface area contributed by atoms with Crippen LogP contribution in [0.4, 0.5) is 0 Å². The van der Waals surface area contributed by atoms with Crippen LogP contribution in [0.1, 0.15) is 72.1 Å². The molecule has 4 heterocycles. The molecule has 4 N–H and O–H groups in total. The van der Waals surface area contributed by atoms with Crippen molar-refractivity contribution in [2.24, 2.45) is 0 Å². The van der Waals surface area contributed by atoms with Gasteiger partial charge in [0.05, 0.1) is 9.81 Å². The summed E-state index contributed by atoms with van der Waals surface area (Å²) >= 11 is 13.0. The maximum atomic E-state index is 13.2. The van der Waals surface area contributed by atoms with Gasteiger partial charge in [-0.25, -0.2) is 0 Å². The fourth-order valence-corrected chi connectivity index (χ4v) is 7.22. The Balaban J connectivity index is 1.12. The number of unbranched alkanes of at least 4 members (excludes halogenated alkanes) is 4. The first kappa shape index (κ1) is 36.6. The van der Waals surface area contributed by atoms with Crippen molar-refractivity contribution in [2.75, 3.05) is 13.1 Å². The molecule has 0 aromatic carbocycles. The van der Waals surface area contributed by atoms with Crippen molar-refractivity contribution in [1.82, 2.24) is 41.5 Å².